The molecular formula is C16H21ClN2O2S. The maximum absolute atomic E-state index is 12.6. The normalized spacial score (nSPS) is 12.7. The molecule has 2 rings (SSSR count). The highest BCUT2D eigenvalue weighted by Gasteiger charge is 2.24. The van der Waals surface area contributed by atoms with Crippen molar-refractivity contribution in [2.75, 3.05) is 13.6 Å². The molecule has 0 aliphatic carbocycles. The van der Waals surface area contributed by atoms with Crippen LogP contribution in [0.15, 0.2) is 59.5 Å². The molecule has 0 radical (unpaired) electrons. The van der Waals surface area contributed by atoms with Crippen molar-refractivity contribution >= 4 is 22.4 Å². The molecule has 6 heteroatoms. The van der Waals surface area contributed by atoms with Crippen molar-refractivity contribution in [2.24, 2.45) is 5.73 Å². The van der Waals surface area contributed by atoms with Gasteiger partial charge in [-0.25, -0.2) is 8.42 Å². The Kier molecular flexibility index (Phi) is 6.56. The molecule has 0 spiro atoms. The summed E-state index contributed by atoms with van der Waals surface area (Å²) in [5.74, 6) is 0. The summed E-state index contributed by atoms with van der Waals surface area (Å²) in [7, 11) is -1.97. The van der Waals surface area contributed by atoms with E-state index < -0.39 is 10.0 Å². The van der Waals surface area contributed by atoms with Crippen molar-refractivity contribution < 1.29 is 8.42 Å². The summed E-state index contributed by atoms with van der Waals surface area (Å²) >= 11 is 0. The summed E-state index contributed by atoms with van der Waals surface area (Å²) in [6.07, 6.45) is 0. The van der Waals surface area contributed by atoms with Crippen molar-refractivity contribution in [3.63, 3.8) is 0 Å². The molecule has 22 heavy (non-hydrogen) atoms. The van der Waals surface area contributed by atoms with E-state index in [9.17, 15) is 8.42 Å². The molecule has 120 valence electrons. The number of likely N-dealkylation sites (N-methyl/N-ethyl adjacent to an activating group) is 1. The number of sulfonamides is 1. The third kappa shape index (κ3) is 3.87. The van der Waals surface area contributed by atoms with Crippen molar-refractivity contribution in [3.05, 3.63) is 54.6 Å². The Morgan fingerprint density at radius 2 is 1.64 bits per heavy atom. The first-order chi connectivity index (χ1) is 9.96. The second-order valence-corrected chi connectivity index (χ2v) is 7.00. The number of hydrogen-bond donors (Lipinski definition) is 1. The van der Waals surface area contributed by atoms with Crippen LogP contribution < -0.4 is 5.73 Å². The molecule has 0 saturated heterocycles. The van der Waals surface area contributed by atoms with Crippen molar-refractivity contribution in [3.8, 4) is 11.1 Å². The van der Waals surface area contributed by atoms with E-state index in [2.05, 4.69) is 0 Å². The standard InChI is InChI=1S/C16H20N2O2S.ClH/c1-13(12-17)18(2)21(19,20)16-10-6-9-15(11-16)14-7-4-3-5-8-14;/h3-11,13H,12,17H2,1-2H3;1H. The summed E-state index contributed by atoms with van der Waals surface area (Å²) in [5, 5.41) is 0. The molecule has 0 saturated carbocycles. The van der Waals surface area contributed by atoms with Gasteiger partial charge in [0.05, 0.1) is 4.90 Å². The minimum Gasteiger partial charge on any atom is -0.329 e. The van der Waals surface area contributed by atoms with Gasteiger partial charge < -0.3 is 5.73 Å². The fourth-order valence-corrected chi connectivity index (χ4v) is 3.44. The Morgan fingerprint density at radius 3 is 2.23 bits per heavy atom. The Hall–Kier alpha value is -1.40. The van der Waals surface area contributed by atoms with Crippen LogP contribution in [-0.4, -0.2) is 32.4 Å². The highest BCUT2D eigenvalue weighted by molar-refractivity contribution is 7.89. The van der Waals surface area contributed by atoms with Gasteiger partial charge in [0.15, 0.2) is 0 Å². The van der Waals surface area contributed by atoms with Gasteiger partial charge in [-0.2, -0.15) is 4.31 Å². The highest BCUT2D eigenvalue weighted by Crippen LogP contribution is 2.24. The lowest BCUT2D eigenvalue weighted by atomic mass is 10.1. The van der Waals surface area contributed by atoms with Crippen LogP contribution in [0, 0.1) is 0 Å². The molecule has 0 heterocycles. The van der Waals surface area contributed by atoms with Gasteiger partial charge in [-0.1, -0.05) is 42.5 Å². The number of rotatable bonds is 5. The average molecular weight is 341 g/mol. The summed E-state index contributed by atoms with van der Waals surface area (Å²) in [6, 6.07) is 16.4. The second kappa shape index (κ2) is 7.74. The number of halogens is 1. The van der Waals surface area contributed by atoms with Gasteiger partial charge >= 0.3 is 0 Å². The van der Waals surface area contributed by atoms with Crippen LogP contribution in [0.1, 0.15) is 6.92 Å². The van der Waals surface area contributed by atoms with E-state index in [4.69, 9.17) is 5.73 Å². The van der Waals surface area contributed by atoms with Crippen LogP contribution in [0.5, 0.6) is 0 Å². The molecular weight excluding hydrogens is 320 g/mol. The predicted molar refractivity (Wildman–Crippen MR) is 92.6 cm³/mol. The molecule has 2 aromatic carbocycles. The van der Waals surface area contributed by atoms with E-state index in [0.717, 1.165) is 11.1 Å². The number of hydrogen-bond acceptors (Lipinski definition) is 3. The van der Waals surface area contributed by atoms with Gasteiger partial charge in [-0.3, -0.25) is 0 Å². The Bertz CT molecular complexity index is 705. The zero-order valence-corrected chi connectivity index (χ0v) is 14.3. The van der Waals surface area contributed by atoms with E-state index in [0.29, 0.717) is 0 Å². The molecule has 4 nitrogen and oxygen atoms in total. The minimum absolute atomic E-state index is 0. The minimum atomic E-state index is -3.53. The predicted octanol–water partition coefficient (Wildman–Crippen LogP) is 2.74. The Morgan fingerprint density at radius 1 is 1.05 bits per heavy atom. The molecule has 0 fully saturated rings. The van der Waals surface area contributed by atoms with Gasteiger partial charge in [-0.05, 0) is 30.2 Å². The monoisotopic (exact) mass is 340 g/mol. The van der Waals surface area contributed by atoms with Gasteiger partial charge in [0, 0.05) is 19.6 Å². The third-order valence-corrected chi connectivity index (χ3v) is 5.55. The molecule has 1 unspecified atom stereocenters. The zero-order chi connectivity index (χ0) is 15.5. The fourth-order valence-electron chi connectivity index (χ4n) is 2.02. The first-order valence-electron chi connectivity index (χ1n) is 6.80. The maximum Gasteiger partial charge on any atom is 0.243 e. The van der Waals surface area contributed by atoms with Gasteiger partial charge in [-0.15, -0.1) is 12.4 Å². The Labute approximate surface area is 138 Å². The highest BCUT2D eigenvalue weighted by atomic mass is 35.5. The third-order valence-electron chi connectivity index (χ3n) is 3.58. The van der Waals surface area contributed by atoms with Crippen molar-refractivity contribution in [1.29, 1.82) is 0 Å². The van der Waals surface area contributed by atoms with Crippen LogP contribution in [0.4, 0.5) is 0 Å². The van der Waals surface area contributed by atoms with Crippen LogP contribution in [0.25, 0.3) is 11.1 Å². The van der Waals surface area contributed by atoms with Gasteiger partial charge in [0.1, 0.15) is 0 Å². The van der Waals surface area contributed by atoms with Crippen LogP contribution in [0.3, 0.4) is 0 Å². The Balaban J connectivity index is 0.00000242. The summed E-state index contributed by atoms with van der Waals surface area (Å²) in [4.78, 5) is 0.284. The summed E-state index contributed by atoms with van der Waals surface area (Å²) in [5.41, 5.74) is 7.43. The molecule has 0 amide bonds. The van der Waals surface area contributed by atoms with E-state index in [1.165, 1.54) is 4.31 Å². The first-order valence-corrected chi connectivity index (χ1v) is 8.24. The summed E-state index contributed by atoms with van der Waals surface area (Å²) < 4.78 is 26.5. The van der Waals surface area contributed by atoms with E-state index in [1.54, 1.807) is 32.2 Å². The van der Waals surface area contributed by atoms with Gasteiger partial charge in [0.2, 0.25) is 10.0 Å². The summed E-state index contributed by atoms with van der Waals surface area (Å²) in [6.45, 7) is 2.08. The van der Waals surface area contributed by atoms with Gasteiger partial charge in [0.25, 0.3) is 0 Å². The molecule has 2 N–H and O–H groups in total. The molecule has 0 aliphatic rings. The molecule has 0 aromatic heterocycles. The number of nitrogens with zero attached hydrogens (tertiary/aromatic N) is 1. The lowest BCUT2D eigenvalue weighted by Gasteiger charge is -2.23. The fraction of sp³-hybridized carbons (Fsp3) is 0.250. The largest absolute Gasteiger partial charge is 0.329 e. The van der Waals surface area contributed by atoms with Crippen LogP contribution in [0.2, 0.25) is 0 Å². The lowest BCUT2D eigenvalue weighted by molar-refractivity contribution is 0.394. The SMILES string of the molecule is CC(CN)N(C)S(=O)(=O)c1cccc(-c2ccccc2)c1.Cl. The number of benzene rings is 2. The average Bonchev–Trinajstić information content (AvgIpc) is 2.54. The number of nitrogens with two attached hydrogens (primary N) is 1. The maximum atomic E-state index is 12.6. The van der Waals surface area contributed by atoms with Crippen LogP contribution in [-0.2, 0) is 10.0 Å². The van der Waals surface area contributed by atoms with E-state index in [-0.39, 0.29) is 29.9 Å². The molecule has 1 atom stereocenters. The molecule has 0 aliphatic heterocycles. The lowest BCUT2D eigenvalue weighted by Crippen LogP contribution is -2.39. The van der Waals surface area contributed by atoms with Crippen molar-refractivity contribution in [1.82, 2.24) is 4.31 Å². The quantitative estimate of drug-likeness (QED) is 0.910. The van der Waals surface area contributed by atoms with E-state index in [1.807, 2.05) is 36.4 Å². The molecule has 0 bridgehead atoms. The zero-order valence-electron chi connectivity index (χ0n) is 12.6. The second-order valence-electron chi connectivity index (χ2n) is 5.00. The van der Waals surface area contributed by atoms with Crippen molar-refractivity contribution in [2.45, 2.75) is 17.9 Å². The van der Waals surface area contributed by atoms with Crippen LogP contribution >= 0.6 is 12.4 Å². The van der Waals surface area contributed by atoms with E-state index >= 15 is 0 Å². The smallest absolute Gasteiger partial charge is 0.243 e. The first kappa shape index (κ1) is 18.6. The molecule has 2 aromatic rings. The topological polar surface area (TPSA) is 63.4 Å².